The maximum absolute atomic E-state index is 13.3. The van der Waals surface area contributed by atoms with E-state index in [4.69, 9.17) is 15.2 Å². The summed E-state index contributed by atoms with van der Waals surface area (Å²) in [6.45, 7) is 6.70. The highest BCUT2D eigenvalue weighted by Crippen LogP contribution is 2.40. The summed E-state index contributed by atoms with van der Waals surface area (Å²) in [6, 6.07) is 8.01. The number of benzene rings is 1. The highest BCUT2D eigenvalue weighted by Gasteiger charge is 2.38. The molecule has 0 saturated carbocycles. The van der Waals surface area contributed by atoms with Gasteiger partial charge in [0.25, 0.3) is 5.56 Å². The summed E-state index contributed by atoms with van der Waals surface area (Å²) in [5, 5.41) is 0. The Hall–Kier alpha value is -2.58. The lowest BCUT2D eigenvalue weighted by Crippen LogP contribution is -2.43. The van der Waals surface area contributed by atoms with Crippen molar-refractivity contribution in [2.45, 2.75) is 19.3 Å². The van der Waals surface area contributed by atoms with Crippen LogP contribution in [0.15, 0.2) is 29.1 Å². The fraction of sp³-hybridized carbons (Fsp3) is 0.565. The molecule has 3 saturated heterocycles. The second kappa shape index (κ2) is 8.16. The van der Waals surface area contributed by atoms with E-state index in [1.807, 2.05) is 24.3 Å². The number of aromatic nitrogens is 2. The van der Waals surface area contributed by atoms with Gasteiger partial charge in [-0.25, -0.2) is 0 Å². The summed E-state index contributed by atoms with van der Waals surface area (Å²) in [6.07, 6.45) is 3.26. The maximum Gasteiger partial charge on any atom is 0.264 e. The molecule has 8 heteroatoms. The molecule has 8 nitrogen and oxygen atoms in total. The van der Waals surface area contributed by atoms with Crippen LogP contribution in [0, 0.1) is 5.41 Å². The van der Waals surface area contributed by atoms with Gasteiger partial charge < -0.3 is 25.0 Å². The lowest BCUT2D eigenvalue weighted by molar-refractivity contribution is 0.122. The topological polar surface area (TPSA) is 85.8 Å². The first-order valence-electron chi connectivity index (χ1n) is 11.2. The third-order valence-corrected chi connectivity index (χ3v) is 7.12. The van der Waals surface area contributed by atoms with E-state index >= 15 is 0 Å². The van der Waals surface area contributed by atoms with Crippen molar-refractivity contribution in [3.05, 3.63) is 34.6 Å². The fourth-order valence-corrected chi connectivity index (χ4v) is 5.05. The number of morpholine rings is 1. The average Bonchev–Trinajstić information content (AvgIpc) is 3.26. The standard InChI is InChI=1S/C23H31N5O3/c1-26-21(29)19(17-2-4-18(5-3-17)27-11-14-30-15-12-27)20(24)25-22(26)28-9-6-23(7-10-28)8-13-31-16-23/h2-5H,6-16,24H2,1H3. The minimum Gasteiger partial charge on any atom is -0.383 e. The summed E-state index contributed by atoms with van der Waals surface area (Å²) >= 11 is 0. The van der Waals surface area contributed by atoms with Gasteiger partial charge in [0.1, 0.15) is 5.82 Å². The highest BCUT2D eigenvalue weighted by molar-refractivity contribution is 5.75. The van der Waals surface area contributed by atoms with Gasteiger partial charge in [0, 0.05) is 45.5 Å². The molecule has 3 aliphatic rings. The van der Waals surface area contributed by atoms with E-state index in [2.05, 4.69) is 14.8 Å². The summed E-state index contributed by atoms with van der Waals surface area (Å²) in [5.74, 6) is 0.951. The third-order valence-electron chi connectivity index (χ3n) is 7.12. The van der Waals surface area contributed by atoms with Crippen molar-refractivity contribution in [3.8, 4) is 11.1 Å². The number of nitrogens with two attached hydrogens (primary N) is 1. The van der Waals surface area contributed by atoms with Gasteiger partial charge in [0.05, 0.1) is 25.4 Å². The lowest BCUT2D eigenvalue weighted by Gasteiger charge is -2.39. The van der Waals surface area contributed by atoms with Crippen LogP contribution in [0.3, 0.4) is 0 Å². The Balaban J connectivity index is 1.38. The van der Waals surface area contributed by atoms with Crippen molar-refractivity contribution in [2.75, 3.05) is 68.1 Å². The Labute approximate surface area is 182 Å². The van der Waals surface area contributed by atoms with Crippen LogP contribution < -0.4 is 21.1 Å². The van der Waals surface area contributed by atoms with E-state index in [0.29, 0.717) is 22.7 Å². The fourth-order valence-electron chi connectivity index (χ4n) is 5.05. The minimum absolute atomic E-state index is 0.105. The van der Waals surface area contributed by atoms with Gasteiger partial charge in [0.15, 0.2) is 0 Å². The Bertz CT molecular complexity index is 982. The molecular weight excluding hydrogens is 394 g/mol. The van der Waals surface area contributed by atoms with Crippen LogP contribution in [0.5, 0.6) is 0 Å². The minimum atomic E-state index is -0.105. The number of rotatable bonds is 3. The number of hydrogen-bond acceptors (Lipinski definition) is 7. The van der Waals surface area contributed by atoms with Crippen LogP contribution in [-0.4, -0.2) is 62.2 Å². The smallest absolute Gasteiger partial charge is 0.264 e. The quantitative estimate of drug-likeness (QED) is 0.803. The monoisotopic (exact) mass is 425 g/mol. The lowest BCUT2D eigenvalue weighted by atomic mass is 9.78. The van der Waals surface area contributed by atoms with Crippen LogP contribution >= 0.6 is 0 Å². The molecule has 0 amide bonds. The summed E-state index contributed by atoms with van der Waals surface area (Å²) in [7, 11) is 1.79. The van der Waals surface area contributed by atoms with Gasteiger partial charge in [-0.05, 0) is 42.4 Å². The molecule has 0 radical (unpaired) electrons. The van der Waals surface area contributed by atoms with Crippen molar-refractivity contribution in [1.82, 2.24) is 9.55 Å². The maximum atomic E-state index is 13.3. The predicted molar refractivity (Wildman–Crippen MR) is 122 cm³/mol. The zero-order valence-electron chi connectivity index (χ0n) is 18.2. The van der Waals surface area contributed by atoms with Gasteiger partial charge in [-0.15, -0.1) is 0 Å². The van der Waals surface area contributed by atoms with Gasteiger partial charge in [0.2, 0.25) is 5.95 Å². The molecule has 2 N–H and O–H groups in total. The first kappa shape index (κ1) is 20.3. The van der Waals surface area contributed by atoms with Gasteiger partial charge in [-0.2, -0.15) is 4.98 Å². The molecule has 1 aromatic carbocycles. The molecule has 0 atom stereocenters. The van der Waals surface area contributed by atoms with Crippen LogP contribution in [0.1, 0.15) is 19.3 Å². The molecule has 3 fully saturated rings. The molecule has 1 spiro atoms. The van der Waals surface area contributed by atoms with Crippen LogP contribution in [0.2, 0.25) is 0 Å². The second-order valence-electron chi connectivity index (χ2n) is 8.97. The van der Waals surface area contributed by atoms with Crippen LogP contribution in [-0.2, 0) is 16.5 Å². The van der Waals surface area contributed by atoms with E-state index < -0.39 is 0 Å². The van der Waals surface area contributed by atoms with Crippen molar-refractivity contribution in [2.24, 2.45) is 12.5 Å². The van der Waals surface area contributed by atoms with E-state index in [1.165, 1.54) is 0 Å². The number of ether oxygens (including phenoxy) is 2. The largest absolute Gasteiger partial charge is 0.383 e. The third kappa shape index (κ3) is 3.78. The molecule has 4 heterocycles. The molecule has 0 bridgehead atoms. The number of piperidine rings is 1. The zero-order valence-corrected chi connectivity index (χ0v) is 18.2. The van der Waals surface area contributed by atoms with Crippen molar-refractivity contribution >= 4 is 17.5 Å². The summed E-state index contributed by atoms with van der Waals surface area (Å²) < 4.78 is 12.7. The number of nitrogen functional groups attached to an aromatic ring is 1. The number of anilines is 3. The predicted octanol–water partition coefficient (Wildman–Crippen LogP) is 1.87. The molecular formula is C23H31N5O3. The van der Waals surface area contributed by atoms with Crippen molar-refractivity contribution < 1.29 is 9.47 Å². The molecule has 0 unspecified atom stereocenters. The van der Waals surface area contributed by atoms with E-state index in [9.17, 15) is 4.79 Å². The number of hydrogen-bond donors (Lipinski definition) is 1. The second-order valence-corrected chi connectivity index (χ2v) is 8.97. The van der Waals surface area contributed by atoms with Gasteiger partial charge in [-0.3, -0.25) is 9.36 Å². The SMILES string of the molecule is Cn1c(N2CCC3(CCOC3)CC2)nc(N)c(-c2ccc(N3CCOCC3)cc2)c1=O. The molecule has 5 rings (SSSR count). The molecule has 3 aliphatic heterocycles. The van der Waals surface area contributed by atoms with Crippen LogP contribution in [0.25, 0.3) is 11.1 Å². The Morgan fingerprint density at radius 2 is 1.65 bits per heavy atom. The van der Waals surface area contributed by atoms with E-state index in [0.717, 1.165) is 83.1 Å². The molecule has 0 aliphatic carbocycles. The highest BCUT2D eigenvalue weighted by atomic mass is 16.5. The molecule has 31 heavy (non-hydrogen) atoms. The first-order valence-corrected chi connectivity index (χ1v) is 11.2. The van der Waals surface area contributed by atoms with E-state index in [1.54, 1.807) is 11.6 Å². The average molecular weight is 426 g/mol. The van der Waals surface area contributed by atoms with Crippen molar-refractivity contribution in [3.63, 3.8) is 0 Å². The summed E-state index contributed by atoms with van der Waals surface area (Å²) in [5.41, 5.74) is 8.93. The molecule has 166 valence electrons. The number of nitrogens with zero attached hydrogens (tertiary/aromatic N) is 4. The Morgan fingerprint density at radius 3 is 2.29 bits per heavy atom. The normalized spacial score (nSPS) is 21.1. The summed E-state index contributed by atoms with van der Waals surface area (Å²) in [4.78, 5) is 22.4. The Morgan fingerprint density at radius 1 is 0.935 bits per heavy atom. The Kier molecular flexibility index (Phi) is 5.35. The van der Waals surface area contributed by atoms with Crippen molar-refractivity contribution in [1.29, 1.82) is 0 Å². The zero-order chi connectivity index (χ0) is 21.4. The molecule has 1 aromatic heterocycles. The van der Waals surface area contributed by atoms with E-state index in [-0.39, 0.29) is 5.56 Å². The molecule has 2 aromatic rings. The van der Waals surface area contributed by atoms with Crippen LogP contribution in [0.4, 0.5) is 17.5 Å². The van der Waals surface area contributed by atoms with Gasteiger partial charge >= 0.3 is 0 Å². The first-order chi connectivity index (χ1) is 15.1. The van der Waals surface area contributed by atoms with Gasteiger partial charge in [-0.1, -0.05) is 12.1 Å².